The topological polar surface area (TPSA) is 46.5 Å². The normalized spacial score (nSPS) is 13.1. The lowest BCUT2D eigenvalue weighted by Crippen LogP contribution is -2.37. The Bertz CT molecular complexity index is 4240. The molecule has 3 aromatic heterocycles. The number of anilines is 5. The monoisotopic (exact) mass is 992 g/mol. The summed E-state index contributed by atoms with van der Waals surface area (Å²) in [5.41, 5.74) is 22.3. The van der Waals surface area contributed by atoms with Crippen LogP contribution in [0.5, 0.6) is 0 Å². The predicted octanol–water partition coefficient (Wildman–Crippen LogP) is 18.4. The number of nitrogens with zero attached hydrogens (tertiary/aromatic N) is 2. The maximum atomic E-state index is 7.32. The fraction of sp³-hybridized carbons (Fsp3) is 0.229. The third-order valence-corrected chi connectivity index (χ3v) is 16.2. The van der Waals surface area contributed by atoms with Crippen LogP contribution in [0.15, 0.2) is 179 Å². The molecule has 0 fully saturated rings. The summed E-state index contributed by atoms with van der Waals surface area (Å²) in [5.74, 6) is 0. The lowest BCUT2D eigenvalue weighted by atomic mass is 9.58. The van der Waals surface area contributed by atoms with E-state index in [0.717, 1.165) is 88.8 Å². The highest BCUT2D eigenvalue weighted by molar-refractivity contribution is 6.74. The smallest absolute Gasteiger partial charge is 0.198 e. The van der Waals surface area contributed by atoms with Crippen LogP contribution in [0, 0.1) is 0 Å². The van der Waals surface area contributed by atoms with E-state index in [1.54, 1.807) is 0 Å². The predicted molar refractivity (Wildman–Crippen MR) is 326 cm³/mol. The maximum Gasteiger partial charge on any atom is 0.198 e. The van der Waals surface area contributed by atoms with Gasteiger partial charge < -0.3 is 23.6 Å². The number of benzene rings is 9. The molecule has 0 spiro atoms. The van der Waals surface area contributed by atoms with Crippen molar-refractivity contribution in [3.05, 3.63) is 192 Å². The van der Waals surface area contributed by atoms with Gasteiger partial charge in [-0.25, -0.2) is 0 Å². The van der Waals surface area contributed by atoms with Gasteiger partial charge in [-0.05, 0) is 134 Å². The van der Waals surface area contributed by atoms with Crippen LogP contribution in [0.3, 0.4) is 0 Å². The summed E-state index contributed by atoms with van der Waals surface area (Å²) in [6.45, 7) is 27.4. The van der Waals surface area contributed by atoms with Crippen LogP contribution in [0.25, 0.3) is 82.5 Å². The third-order valence-electron chi connectivity index (χ3n) is 16.2. The first-order chi connectivity index (χ1) is 36.2. The van der Waals surface area contributed by atoms with Gasteiger partial charge in [0, 0.05) is 67.0 Å². The van der Waals surface area contributed by atoms with Crippen LogP contribution >= 0.6 is 0 Å². The number of para-hydroxylation sites is 2. The molecular weight excluding hydrogens is 926 g/mol. The van der Waals surface area contributed by atoms with Crippen LogP contribution in [0.2, 0.25) is 0 Å². The molecule has 0 radical (unpaired) electrons. The Morgan fingerprint density at radius 1 is 0.447 bits per heavy atom. The van der Waals surface area contributed by atoms with Crippen molar-refractivity contribution in [1.29, 1.82) is 0 Å². The maximum absolute atomic E-state index is 7.32. The Balaban J connectivity index is 1.12. The van der Waals surface area contributed by atoms with E-state index < -0.39 is 0 Å². The average Bonchev–Trinajstić information content (AvgIpc) is 3.99. The molecule has 0 bridgehead atoms. The molecule has 12 aromatic rings. The zero-order chi connectivity index (χ0) is 52.8. The molecule has 4 heterocycles. The Kier molecular flexibility index (Phi) is 10.5. The van der Waals surface area contributed by atoms with E-state index in [1.165, 1.54) is 55.3 Å². The Hall–Kier alpha value is -7.96. The van der Waals surface area contributed by atoms with Crippen LogP contribution < -0.4 is 21.1 Å². The largest absolute Gasteiger partial charge is 0.456 e. The highest BCUT2D eigenvalue weighted by Gasteiger charge is 2.34. The van der Waals surface area contributed by atoms with Crippen molar-refractivity contribution in [3.63, 3.8) is 0 Å². The summed E-state index contributed by atoms with van der Waals surface area (Å²) in [7, 11) is 0.712. The summed E-state index contributed by atoms with van der Waals surface area (Å²) >= 11 is 0. The number of fused-ring (bicyclic) bond motifs is 12. The molecule has 376 valence electrons. The van der Waals surface area contributed by atoms with Crippen molar-refractivity contribution in [2.75, 3.05) is 10.2 Å². The van der Waals surface area contributed by atoms with Gasteiger partial charge in [-0.2, -0.15) is 0 Å². The highest BCUT2D eigenvalue weighted by Crippen LogP contribution is 2.49. The van der Waals surface area contributed by atoms with Gasteiger partial charge in [-0.1, -0.05) is 173 Å². The van der Waals surface area contributed by atoms with E-state index >= 15 is 0 Å². The van der Waals surface area contributed by atoms with Gasteiger partial charge in [0.05, 0.1) is 22.1 Å². The molecule has 0 amide bonds. The van der Waals surface area contributed by atoms with Gasteiger partial charge in [-0.15, -0.1) is 0 Å². The summed E-state index contributed by atoms with van der Waals surface area (Å²) in [6, 6.07) is 63.2. The minimum Gasteiger partial charge on any atom is -0.456 e. The van der Waals surface area contributed by atoms with Crippen molar-refractivity contribution in [2.24, 2.45) is 0 Å². The van der Waals surface area contributed by atoms with Crippen LogP contribution in [0.1, 0.15) is 105 Å². The lowest BCUT2D eigenvalue weighted by molar-refractivity contribution is 0.590. The van der Waals surface area contributed by atoms with Gasteiger partial charge in [0.25, 0.3) is 0 Å². The summed E-state index contributed by atoms with van der Waals surface area (Å²) in [6.07, 6.45) is 0. The molecule has 1 aliphatic rings. The third kappa shape index (κ3) is 7.74. The second kappa shape index (κ2) is 16.8. The van der Waals surface area contributed by atoms with Gasteiger partial charge in [0.1, 0.15) is 22.3 Å². The van der Waals surface area contributed by atoms with Crippen LogP contribution in [-0.2, 0) is 21.7 Å². The summed E-state index contributed by atoms with van der Waals surface area (Å²) in [4.78, 5) is 2.43. The first kappa shape index (κ1) is 47.7. The molecule has 0 aliphatic carbocycles. The fourth-order valence-electron chi connectivity index (χ4n) is 11.9. The number of nitrogens with one attached hydrogen (secondary N) is 1. The highest BCUT2D eigenvalue weighted by atomic mass is 16.3. The zero-order valence-corrected chi connectivity index (χ0v) is 46.1. The summed E-state index contributed by atoms with van der Waals surface area (Å²) in [5, 5.41) is 10.7. The van der Waals surface area contributed by atoms with Gasteiger partial charge in [0.15, 0.2) is 7.28 Å². The van der Waals surface area contributed by atoms with E-state index in [9.17, 15) is 0 Å². The number of hydrogen-bond acceptors (Lipinski definition) is 4. The minimum absolute atomic E-state index is 0.0275. The summed E-state index contributed by atoms with van der Waals surface area (Å²) < 4.78 is 16.6. The van der Waals surface area contributed by atoms with Crippen LogP contribution in [0.4, 0.5) is 28.4 Å². The fourth-order valence-corrected chi connectivity index (χ4v) is 11.9. The molecule has 0 saturated carbocycles. The second-order valence-corrected chi connectivity index (χ2v) is 25.6. The standard InChI is InChI=1S/C70H66BN3O2/c1-67(2,3)41-21-28-45(29-22-41)72-55-40-60-51(49-17-13-15-19-58(49)75-60)39-52(55)61-62-50-18-14-16-20-59(50)76-66(62)63-53-37-44(70(10,11)12)27-36-56(53)74-57-38-48(34-35-54(57)71-64(61)65(63)74)73(46-30-23-42(24-31-46)68(4,5)6)47-32-25-43(26-33-47)69(7,8)9/h13-40,71-72H,1-12H3. The Morgan fingerprint density at radius 2 is 0.987 bits per heavy atom. The van der Waals surface area contributed by atoms with Crippen molar-refractivity contribution in [1.82, 2.24) is 4.57 Å². The molecule has 13 rings (SSSR count). The van der Waals surface area contributed by atoms with E-state index in [0.29, 0.717) is 7.28 Å². The molecule has 0 atom stereocenters. The lowest BCUT2D eigenvalue weighted by Gasteiger charge is -2.30. The molecule has 9 aromatic carbocycles. The SMILES string of the molecule is CC(C)(C)c1ccc(Nc2cc3oc4ccccc4c3cc2-c2c3c4c(c5cc(C(C)(C)C)ccc5n4-c4cc(N(c5ccc(C(C)(C)C)cc5)c5ccc(C(C)(C)C)cc5)ccc4B3)c3oc4ccccc4c23)cc1. The number of rotatable bonds is 6. The van der Waals surface area contributed by atoms with Crippen molar-refractivity contribution in [3.8, 4) is 16.8 Å². The molecule has 6 heteroatoms. The van der Waals surface area contributed by atoms with Gasteiger partial charge in [0.2, 0.25) is 0 Å². The molecule has 0 unspecified atom stereocenters. The molecular formula is C70H66BN3O2. The van der Waals surface area contributed by atoms with Gasteiger partial charge in [-0.3, -0.25) is 0 Å². The van der Waals surface area contributed by atoms with Crippen molar-refractivity contribution >= 4 is 112 Å². The Labute approximate surface area is 447 Å². The van der Waals surface area contributed by atoms with E-state index in [1.807, 2.05) is 0 Å². The minimum atomic E-state index is -0.0797. The molecule has 5 nitrogen and oxygen atoms in total. The quantitative estimate of drug-likeness (QED) is 0.169. The van der Waals surface area contributed by atoms with Crippen LogP contribution in [-0.4, -0.2) is 11.8 Å². The van der Waals surface area contributed by atoms with E-state index in [4.69, 9.17) is 8.83 Å². The molecule has 76 heavy (non-hydrogen) atoms. The van der Waals surface area contributed by atoms with Crippen molar-refractivity contribution in [2.45, 2.75) is 105 Å². The zero-order valence-electron chi connectivity index (χ0n) is 46.1. The number of furan rings is 2. The first-order valence-electron chi connectivity index (χ1n) is 27.1. The molecule has 1 N–H and O–H groups in total. The molecule has 1 aliphatic heterocycles. The van der Waals surface area contributed by atoms with E-state index in [2.05, 4.69) is 268 Å². The molecule has 0 saturated heterocycles. The van der Waals surface area contributed by atoms with Gasteiger partial charge >= 0.3 is 0 Å². The number of hydrogen-bond donors (Lipinski definition) is 1. The van der Waals surface area contributed by atoms with E-state index in [-0.39, 0.29) is 21.7 Å². The van der Waals surface area contributed by atoms with Crippen molar-refractivity contribution < 1.29 is 8.83 Å². The Morgan fingerprint density at radius 3 is 1.59 bits per heavy atom. The second-order valence-electron chi connectivity index (χ2n) is 25.6. The number of aromatic nitrogens is 1. The first-order valence-corrected chi connectivity index (χ1v) is 27.1. The average molecular weight is 992 g/mol.